The van der Waals surface area contributed by atoms with Crippen LogP contribution in [0, 0.1) is 11.3 Å². The van der Waals surface area contributed by atoms with Gasteiger partial charge >= 0.3 is 0 Å². The maximum Gasteiger partial charge on any atom is 0.100 e. The van der Waals surface area contributed by atoms with Crippen molar-refractivity contribution in [3.63, 3.8) is 0 Å². The first-order valence-electron chi connectivity index (χ1n) is 8.16. The molecule has 120 valence electrons. The SMILES string of the molecule is CN1CCN(c2cccc(-n3cnc4cc(C#N)ccc43)c2)CC1. The van der Waals surface area contributed by atoms with Crippen molar-refractivity contribution in [2.45, 2.75) is 0 Å². The van der Waals surface area contributed by atoms with Crippen LogP contribution in [-0.4, -0.2) is 47.7 Å². The van der Waals surface area contributed by atoms with E-state index in [4.69, 9.17) is 5.26 Å². The smallest absolute Gasteiger partial charge is 0.100 e. The third-order valence-electron chi connectivity index (χ3n) is 4.65. The number of nitrogens with zero attached hydrogens (tertiary/aromatic N) is 5. The molecule has 2 aromatic carbocycles. The summed E-state index contributed by atoms with van der Waals surface area (Å²) in [4.78, 5) is 9.23. The number of rotatable bonds is 2. The van der Waals surface area contributed by atoms with Crippen LogP contribution in [0.5, 0.6) is 0 Å². The van der Waals surface area contributed by atoms with Crippen LogP contribution in [-0.2, 0) is 0 Å². The molecular weight excluding hydrogens is 298 g/mol. The number of likely N-dealkylation sites (N-methyl/N-ethyl adjacent to an activating group) is 1. The van der Waals surface area contributed by atoms with Crippen LogP contribution in [0.3, 0.4) is 0 Å². The third kappa shape index (κ3) is 2.61. The molecule has 0 radical (unpaired) electrons. The van der Waals surface area contributed by atoms with E-state index < -0.39 is 0 Å². The normalized spacial score (nSPS) is 15.6. The zero-order valence-corrected chi connectivity index (χ0v) is 13.7. The summed E-state index contributed by atoms with van der Waals surface area (Å²) in [6.07, 6.45) is 1.83. The van der Waals surface area contributed by atoms with E-state index in [2.05, 4.69) is 56.7 Å². The molecule has 1 saturated heterocycles. The van der Waals surface area contributed by atoms with Crippen LogP contribution in [0.4, 0.5) is 5.69 Å². The van der Waals surface area contributed by atoms with Crippen molar-refractivity contribution in [1.82, 2.24) is 14.5 Å². The molecule has 3 aromatic rings. The topological polar surface area (TPSA) is 48.1 Å². The number of imidazole rings is 1. The Morgan fingerprint density at radius 3 is 2.58 bits per heavy atom. The fourth-order valence-corrected chi connectivity index (χ4v) is 3.19. The maximum atomic E-state index is 9.03. The van der Waals surface area contributed by atoms with Crippen molar-refractivity contribution in [2.75, 3.05) is 38.1 Å². The molecule has 5 nitrogen and oxygen atoms in total. The van der Waals surface area contributed by atoms with Gasteiger partial charge in [-0.2, -0.15) is 5.26 Å². The standard InChI is InChI=1S/C19H19N5/c1-22-7-9-23(10-8-22)16-3-2-4-17(12-16)24-14-21-18-11-15(13-20)5-6-19(18)24/h2-6,11-12,14H,7-10H2,1H3. The molecule has 0 N–H and O–H groups in total. The van der Waals surface area contributed by atoms with Gasteiger partial charge in [-0.1, -0.05) is 6.07 Å². The number of fused-ring (bicyclic) bond motifs is 1. The van der Waals surface area contributed by atoms with Crippen molar-refractivity contribution >= 4 is 16.7 Å². The molecule has 0 aliphatic carbocycles. The van der Waals surface area contributed by atoms with Crippen molar-refractivity contribution in [2.24, 2.45) is 0 Å². The molecule has 1 fully saturated rings. The average molecular weight is 317 g/mol. The summed E-state index contributed by atoms with van der Waals surface area (Å²) >= 11 is 0. The lowest BCUT2D eigenvalue weighted by Gasteiger charge is -2.34. The lowest BCUT2D eigenvalue weighted by molar-refractivity contribution is 0.313. The summed E-state index contributed by atoms with van der Waals surface area (Å²) in [7, 11) is 2.17. The first-order valence-corrected chi connectivity index (χ1v) is 8.16. The Hall–Kier alpha value is -2.84. The van der Waals surface area contributed by atoms with Crippen molar-refractivity contribution in [1.29, 1.82) is 5.26 Å². The van der Waals surface area contributed by atoms with Gasteiger partial charge in [0.05, 0.1) is 22.7 Å². The number of piperazine rings is 1. The highest BCUT2D eigenvalue weighted by atomic mass is 15.2. The zero-order valence-electron chi connectivity index (χ0n) is 13.7. The summed E-state index contributed by atoms with van der Waals surface area (Å²) in [6.45, 7) is 4.29. The van der Waals surface area contributed by atoms with Gasteiger partial charge in [-0.25, -0.2) is 4.98 Å². The van der Waals surface area contributed by atoms with E-state index in [9.17, 15) is 0 Å². The number of hydrogen-bond donors (Lipinski definition) is 0. The molecule has 0 unspecified atom stereocenters. The molecule has 0 saturated carbocycles. The summed E-state index contributed by atoms with van der Waals surface area (Å²) in [6, 6.07) is 16.4. The van der Waals surface area contributed by atoms with Gasteiger partial charge in [0, 0.05) is 37.6 Å². The van der Waals surface area contributed by atoms with Gasteiger partial charge in [0.2, 0.25) is 0 Å². The van der Waals surface area contributed by atoms with E-state index in [1.54, 1.807) is 0 Å². The second kappa shape index (κ2) is 5.99. The van der Waals surface area contributed by atoms with Gasteiger partial charge in [-0.3, -0.25) is 4.57 Å². The molecule has 1 aromatic heterocycles. The summed E-state index contributed by atoms with van der Waals surface area (Å²) in [5, 5.41) is 9.03. The minimum absolute atomic E-state index is 0.638. The number of anilines is 1. The van der Waals surface area contributed by atoms with Crippen LogP contribution in [0.25, 0.3) is 16.7 Å². The Morgan fingerprint density at radius 1 is 1.00 bits per heavy atom. The lowest BCUT2D eigenvalue weighted by Crippen LogP contribution is -2.44. The fourth-order valence-electron chi connectivity index (χ4n) is 3.19. The molecule has 0 amide bonds. The molecular formula is C19H19N5. The summed E-state index contributed by atoms with van der Waals surface area (Å²) in [5.41, 5.74) is 4.84. The largest absolute Gasteiger partial charge is 0.369 e. The summed E-state index contributed by atoms with van der Waals surface area (Å²) in [5.74, 6) is 0. The highest BCUT2D eigenvalue weighted by Crippen LogP contribution is 2.24. The quantitative estimate of drug-likeness (QED) is 0.729. The zero-order chi connectivity index (χ0) is 16.5. The molecule has 4 rings (SSSR count). The van der Waals surface area contributed by atoms with Crippen LogP contribution in [0.2, 0.25) is 0 Å². The van der Waals surface area contributed by atoms with Crippen LogP contribution in [0.15, 0.2) is 48.8 Å². The fraction of sp³-hybridized carbons (Fsp3) is 0.263. The molecule has 1 aliphatic heterocycles. The van der Waals surface area contributed by atoms with Gasteiger partial charge in [0.25, 0.3) is 0 Å². The Balaban J connectivity index is 1.70. The van der Waals surface area contributed by atoms with Gasteiger partial charge in [-0.15, -0.1) is 0 Å². The van der Waals surface area contributed by atoms with Crippen LogP contribution < -0.4 is 4.90 Å². The molecule has 0 atom stereocenters. The Bertz CT molecular complexity index is 913. The monoisotopic (exact) mass is 317 g/mol. The molecule has 24 heavy (non-hydrogen) atoms. The second-order valence-corrected chi connectivity index (χ2v) is 6.24. The first kappa shape index (κ1) is 14.7. The van der Waals surface area contributed by atoms with Gasteiger partial charge in [0.1, 0.15) is 6.33 Å². The third-order valence-corrected chi connectivity index (χ3v) is 4.65. The molecule has 1 aliphatic rings. The predicted octanol–water partition coefficient (Wildman–Crippen LogP) is 2.65. The first-order chi connectivity index (χ1) is 11.7. The number of benzene rings is 2. The maximum absolute atomic E-state index is 9.03. The average Bonchev–Trinajstić information content (AvgIpc) is 3.05. The number of nitriles is 1. The van der Waals surface area contributed by atoms with Crippen molar-refractivity contribution in [3.8, 4) is 11.8 Å². The molecule has 0 bridgehead atoms. The lowest BCUT2D eigenvalue weighted by atomic mass is 10.2. The Morgan fingerprint density at radius 2 is 1.79 bits per heavy atom. The minimum Gasteiger partial charge on any atom is -0.369 e. The minimum atomic E-state index is 0.638. The van der Waals surface area contributed by atoms with Crippen LogP contribution in [0.1, 0.15) is 5.56 Å². The molecule has 0 spiro atoms. The second-order valence-electron chi connectivity index (χ2n) is 6.24. The van der Waals surface area contributed by atoms with Gasteiger partial charge in [-0.05, 0) is 43.4 Å². The van der Waals surface area contributed by atoms with Crippen molar-refractivity contribution in [3.05, 3.63) is 54.4 Å². The summed E-state index contributed by atoms with van der Waals surface area (Å²) < 4.78 is 2.08. The number of aromatic nitrogens is 2. The highest BCUT2D eigenvalue weighted by Gasteiger charge is 2.15. The van der Waals surface area contributed by atoms with Gasteiger partial charge in [0.15, 0.2) is 0 Å². The van der Waals surface area contributed by atoms with E-state index in [0.717, 1.165) is 42.9 Å². The van der Waals surface area contributed by atoms with Crippen molar-refractivity contribution < 1.29 is 0 Å². The Kier molecular flexibility index (Phi) is 3.68. The van der Waals surface area contributed by atoms with E-state index in [-0.39, 0.29) is 0 Å². The highest BCUT2D eigenvalue weighted by molar-refractivity contribution is 5.79. The van der Waals surface area contributed by atoms with E-state index in [0.29, 0.717) is 5.56 Å². The van der Waals surface area contributed by atoms with E-state index >= 15 is 0 Å². The Labute approximate surface area is 141 Å². The molecule has 2 heterocycles. The van der Waals surface area contributed by atoms with E-state index in [1.165, 1.54) is 5.69 Å². The van der Waals surface area contributed by atoms with E-state index in [1.807, 2.05) is 24.5 Å². The van der Waals surface area contributed by atoms with Crippen LogP contribution >= 0.6 is 0 Å². The van der Waals surface area contributed by atoms with Gasteiger partial charge < -0.3 is 9.80 Å². The predicted molar refractivity (Wildman–Crippen MR) is 95.5 cm³/mol. The molecule has 5 heteroatoms. The number of hydrogen-bond acceptors (Lipinski definition) is 4.